The van der Waals surface area contributed by atoms with Crippen LogP contribution in [-0.2, 0) is 10.0 Å². The number of hydrogen-bond acceptors (Lipinski definition) is 4. The number of sulfonamides is 1. The molecular formula is C14H21N3O2S. The Labute approximate surface area is 121 Å². The molecule has 1 aromatic heterocycles. The van der Waals surface area contributed by atoms with Gasteiger partial charge in [0.1, 0.15) is 11.0 Å². The zero-order valence-corrected chi connectivity index (χ0v) is 12.8. The van der Waals surface area contributed by atoms with E-state index in [0.29, 0.717) is 12.5 Å². The summed E-state index contributed by atoms with van der Waals surface area (Å²) >= 11 is 0. The van der Waals surface area contributed by atoms with Gasteiger partial charge >= 0.3 is 0 Å². The number of rotatable bonds is 8. The molecule has 1 unspecified atom stereocenters. The molecule has 0 aliphatic heterocycles. The first-order valence-electron chi connectivity index (χ1n) is 6.89. The molecule has 0 aromatic carbocycles. The number of nitriles is 1. The Kier molecular flexibility index (Phi) is 6.62. The summed E-state index contributed by atoms with van der Waals surface area (Å²) in [5.74, 6) is 0.326. The van der Waals surface area contributed by atoms with Gasteiger partial charge in [0.05, 0.1) is 0 Å². The minimum absolute atomic E-state index is 0.0483. The highest BCUT2D eigenvalue weighted by atomic mass is 32.2. The molecule has 0 radical (unpaired) electrons. The van der Waals surface area contributed by atoms with Crippen molar-refractivity contribution >= 4 is 10.0 Å². The first-order chi connectivity index (χ1) is 9.55. The molecule has 0 fully saturated rings. The molecule has 1 atom stereocenters. The quantitative estimate of drug-likeness (QED) is 0.798. The number of nitrogens with one attached hydrogen (secondary N) is 1. The van der Waals surface area contributed by atoms with Crippen molar-refractivity contribution in [1.29, 1.82) is 5.26 Å². The summed E-state index contributed by atoms with van der Waals surface area (Å²) in [4.78, 5) is 3.73. The highest BCUT2D eigenvalue weighted by Crippen LogP contribution is 2.15. The predicted octanol–water partition coefficient (Wildman–Crippen LogP) is 2.45. The second-order valence-electron chi connectivity index (χ2n) is 4.73. The van der Waals surface area contributed by atoms with E-state index in [1.54, 1.807) is 0 Å². The maximum atomic E-state index is 12.2. The Morgan fingerprint density at radius 2 is 2.20 bits per heavy atom. The van der Waals surface area contributed by atoms with Gasteiger partial charge in [-0.1, -0.05) is 33.1 Å². The first-order valence-corrected chi connectivity index (χ1v) is 8.38. The van der Waals surface area contributed by atoms with Crippen molar-refractivity contribution in [3.8, 4) is 6.07 Å². The Hall–Kier alpha value is -1.45. The van der Waals surface area contributed by atoms with Crippen LogP contribution in [0.5, 0.6) is 0 Å². The minimum Gasteiger partial charge on any atom is -0.244 e. The van der Waals surface area contributed by atoms with Crippen LogP contribution in [0.25, 0.3) is 0 Å². The van der Waals surface area contributed by atoms with Crippen LogP contribution < -0.4 is 4.72 Å². The molecule has 20 heavy (non-hydrogen) atoms. The molecule has 0 aliphatic rings. The highest BCUT2D eigenvalue weighted by Gasteiger charge is 2.20. The molecule has 0 saturated carbocycles. The number of hydrogen-bond donors (Lipinski definition) is 1. The fourth-order valence-corrected chi connectivity index (χ4v) is 3.16. The third-order valence-corrected chi connectivity index (χ3v) is 4.73. The van der Waals surface area contributed by atoms with Crippen LogP contribution >= 0.6 is 0 Å². The Bertz CT molecular complexity index is 564. The molecule has 1 rings (SSSR count). The summed E-state index contributed by atoms with van der Waals surface area (Å²) in [6.07, 6.45) is 5.54. The zero-order chi connectivity index (χ0) is 15.0. The monoisotopic (exact) mass is 295 g/mol. The molecule has 0 amide bonds. The third-order valence-electron chi connectivity index (χ3n) is 3.27. The van der Waals surface area contributed by atoms with Crippen molar-refractivity contribution in [1.82, 2.24) is 9.71 Å². The van der Waals surface area contributed by atoms with Gasteiger partial charge in [-0.3, -0.25) is 0 Å². The maximum absolute atomic E-state index is 12.2. The summed E-state index contributed by atoms with van der Waals surface area (Å²) in [6, 6.07) is 4.73. The number of unbranched alkanes of at least 4 members (excludes halogenated alkanes) is 1. The fraction of sp³-hybridized carbons (Fsp3) is 0.571. The second-order valence-corrected chi connectivity index (χ2v) is 6.47. The predicted molar refractivity (Wildman–Crippen MR) is 77.4 cm³/mol. The maximum Gasteiger partial charge on any atom is 0.243 e. The normalized spacial score (nSPS) is 12.8. The van der Waals surface area contributed by atoms with E-state index in [4.69, 9.17) is 5.26 Å². The molecule has 0 bridgehead atoms. The van der Waals surface area contributed by atoms with Crippen LogP contribution in [0.15, 0.2) is 23.2 Å². The standard InChI is InChI=1S/C14H21N3O2S/c1-3-5-7-12(4-2)11-17-20(18,19)14-8-6-9-16-13(14)10-15/h6,8-9,12,17H,3-5,7,11H2,1-2H3. The lowest BCUT2D eigenvalue weighted by molar-refractivity contribution is 0.443. The first kappa shape index (κ1) is 16.6. The third kappa shape index (κ3) is 4.58. The summed E-state index contributed by atoms with van der Waals surface area (Å²) in [7, 11) is -3.67. The Morgan fingerprint density at radius 3 is 2.80 bits per heavy atom. The van der Waals surface area contributed by atoms with Gasteiger partial charge in [-0.2, -0.15) is 5.26 Å². The van der Waals surface area contributed by atoms with Crippen LogP contribution in [0, 0.1) is 17.2 Å². The summed E-state index contributed by atoms with van der Waals surface area (Å²) in [5.41, 5.74) is -0.0680. The van der Waals surface area contributed by atoms with Crippen molar-refractivity contribution in [2.75, 3.05) is 6.54 Å². The van der Waals surface area contributed by atoms with Gasteiger partial charge in [0, 0.05) is 12.7 Å². The Balaban J connectivity index is 2.77. The Morgan fingerprint density at radius 1 is 1.45 bits per heavy atom. The molecule has 1 N–H and O–H groups in total. The van der Waals surface area contributed by atoms with Gasteiger partial charge in [-0.25, -0.2) is 18.1 Å². The van der Waals surface area contributed by atoms with E-state index in [1.165, 1.54) is 18.3 Å². The smallest absolute Gasteiger partial charge is 0.243 e. The molecule has 0 saturated heterocycles. The van der Waals surface area contributed by atoms with Gasteiger partial charge in [-0.15, -0.1) is 0 Å². The number of nitrogens with zero attached hydrogens (tertiary/aromatic N) is 2. The topological polar surface area (TPSA) is 82.8 Å². The lowest BCUT2D eigenvalue weighted by Crippen LogP contribution is -2.30. The van der Waals surface area contributed by atoms with E-state index in [1.807, 2.05) is 6.07 Å². The van der Waals surface area contributed by atoms with Crippen molar-refractivity contribution in [3.63, 3.8) is 0 Å². The summed E-state index contributed by atoms with van der Waals surface area (Å²) in [5, 5.41) is 8.92. The van der Waals surface area contributed by atoms with Crippen molar-refractivity contribution in [3.05, 3.63) is 24.0 Å². The average molecular weight is 295 g/mol. The molecule has 0 aliphatic carbocycles. The molecule has 1 heterocycles. The van der Waals surface area contributed by atoms with Gasteiger partial charge < -0.3 is 0 Å². The van der Waals surface area contributed by atoms with Gasteiger partial charge in [-0.05, 0) is 24.5 Å². The van der Waals surface area contributed by atoms with Crippen molar-refractivity contribution in [2.24, 2.45) is 5.92 Å². The lowest BCUT2D eigenvalue weighted by atomic mass is 10.00. The lowest BCUT2D eigenvalue weighted by Gasteiger charge is -2.15. The SMILES string of the molecule is CCCCC(CC)CNS(=O)(=O)c1cccnc1C#N. The average Bonchev–Trinajstić information content (AvgIpc) is 2.47. The summed E-state index contributed by atoms with van der Waals surface area (Å²) < 4.78 is 27.0. The molecule has 5 nitrogen and oxygen atoms in total. The number of pyridine rings is 1. The molecule has 6 heteroatoms. The van der Waals surface area contributed by atoms with Gasteiger partial charge in [0.2, 0.25) is 10.0 Å². The summed E-state index contributed by atoms with van der Waals surface area (Å²) in [6.45, 7) is 4.57. The van der Waals surface area contributed by atoms with Crippen LogP contribution in [0.1, 0.15) is 45.2 Å². The van der Waals surface area contributed by atoms with E-state index >= 15 is 0 Å². The van der Waals surface area contributed by atoms with Crippen molar-refractivity contribution in [2.45, 2.75) is 44.4 Å². The van der Waals surface area contributed by atoms with E-state index < -0.39 is 10.0 Å². The van der Waals surface area contributed by atoms with Crippen LogP contribution in [-0.4, -0.2) is 19.9 Å². The largest absolute Gasteiger partial charge is 0.244 e. The molecule has 110 valence electrons. The second kappa shape index (κ2) is 7.98. The number of aromatic nitrogens is 1. The van der Waals surface area contributed by atoms with E-state index in [2.05, 4.69) is 23.6 Å². The minimum atomic E-state index is -3.67. The van der Waals surface area contributed by atoms with Gasteiger partial charge in [0.15, 0.2) is 5.69 Å². The van der Waals surface area contributed by atoms with Crippen LogP contribution in [0.4, 0.5) is 0 Å². The van der Waals surface area contributed by atoms with Crippen molar-refractivity contribution < 1.29 is 8.42 Å². The van der Waals surface area contributed by atoms with E-state index in [0.717, 1.165) is 25.7 Å². The van der Waals surface area contributed by atoms with E-state index in [9.17, 15) is 8.42 Å². The fourth-order valence-electron chi connectivity index (χ4n) is 1.94. The zero-order valence-electron chi connectivity index (χ0n) is 12.0. The van der Waals surface area contributed by atoms with E-state index in [-0.39, 0.29) is 10.6 Å². The molecular weight excluding hydrogens is 274 g/mol. The van der Waals surface area contributed by atoms with Gasteiger partial charge in [0.25, 0.3) is 0 Å². The molecule has 1 aromatic rings. The van der Waals surface area contributed by atoms with Crippen LogP contribution in [0.3, 0.4) is 0 Å². The van der Waals surface area contributed by atoms with Crippen LogP contribution in [0.2, 0.25) is 0 Å². The highest BCUT2D eigenvalue weighted by molar-refractivity contribution is 7.89. The molecule has 0 spiro atoms.